The molecule has 0 saturated heterocycles. The summed E-state index contributed by atoms with van der Waals surface area (Å²) in [5.74, 6) is 0.137. The number of aromatic amines is 3. The van der Waals surface area contributed by atoms with E-state index in [0.29, 0.717) is 36.2 Å². The quantitative estimate of drug-likeness (QED) is 0.322. The number of amides is 1. The highest BCUT2D eigenvalue weighted by atomic mass is 32.1. The first-order valence-corrected chi connectivity index (χ1v) is 9.14. The number of rotatable bonds is 9. The standard InChI is InChI=1S/C17H23N7O2S/c1-10-11(16(26)22-17(27)21-10)6-7-14(25)20-8-4-2-3-5-13-12(9-18)15(19)24-23-13/h2-8H2,1H3,(H,20,25)(H3,19,23,24)(H2,21,22,26,27). The lowest BCUT2D eigenvalue weighted by Gasteiger charge is -2.06. The number of unbranched alkanes of at least 4 members (excludes halogenated alkanes) is 2. The number of aryl methyl sites for hydroxylation is 2. The molecule has 0 atom stereocenters. The molecule has 6 N–H and O–H groups in total. The van der Waals surface area contributed by atoms with E-state index in [1.54, 1.807) is 6.92 Å². The minimum absolute atomic E-state index is 0.0932. The zero-order chi connectivity index (χ0) is 19.8. The minimum Gasteiger partial charge on any atom is -0.381 e. The molecule has 0 bridgehead atoms. The second kappa shape index (κ2) is 9.68. The monoisotopic (exact) mass is 389 g/mol. The molecule has 10 heteroatoms. The molecule has 0 aromatic carbocycles. The third kappa shape index (κ3) is 5.79. The number of aromatic nitrogens is 4. The van der Waals surface area contributed by atoms with Gasteiger partial charge in [-0.05, 0) is 44.8 Å². The number of H-pyrrole nitrogens is 3. The summed E-state index contributed by atoms with van der Waals surface area (Å²) >= 11 is 4.90. The van der Waals surface area contributed by atoms with E-state index in [4.69, 9.17) is 23.2 Å². The fourth-order valence-electron chi connectivity index (χ4n) is 2.78. The molecular formula is C17H23N7O2S. The Morgan fingerprint density at radius 1 is 1.30 bits per heavy atom. The van der Waals surface area contributed by atoms with E-state index in [9.17, 15) is 9.59 Å². The zero-order valence-electron chi connectivity index (χ0n) is 15.1. The van der Waals surface area contributed by atoms with Crippen LogP contribution in [0.15, 0.2) is 4.79 Å². The van der Waals surface area contributed by atoms with Crippen molar-refractivity contribution in [3.8, 4) is 6.07 Å². The molecule has 0 aliphatic rings. The Kier molecular flexibility index (Phi) is 7.31. The van der Waals surface area contributed by atoms with Gasteiger partial charge in [-0.15, -0.1) is 0 Å². The van der Waals surface area contributed by atoms with Gasteiger partial charge in [-0.2, -0.15) is 10.4 Å². The Labute approximate surface area is 161 Å². The summed E-state index contributed by atoms with van der Waals surface area (Å²) < 4.78 is 0.283. The van der Waals surface area contributed by atoms with E-state index >= 15 is 0 Å². The van der Waals surface area contributed by atoms with Crippen LogP contribution in [0.1, 0.15) is 48.2 Å². The van der Waals surface area contributed by atoms with Crippen LogP contribution in [-0.4, -0.2) is 32.6 Å². The first kappa shape index (κ1) is 20.4. The lowest BCUT2D eigenvalue weighted by Crippen LogP contribution is -2.26. The van der Waals surface area contributed by atoms with Crippen LogP contribution in [0.3, 0.4) is 0 Å². The van der Waals surface area contributed by atoms with Crippen LogP contribution in [0.4, 0.5) is 5.82 Å². The minimum atomic E-state index is -0.250. The lowest BCUT2D eigenvalue weighted by atomic mass is 10.1. The van der Waals surface area contributed by atoms with Gasteiger partial charge in [0.2, 0.25) is 5.91 Å². The molecule has 0 aliphatic carbocycles. The van der Waals surface area contributed by atoms with E-state index in [-0.39, 0.29) is 28.5 Å². The largest absolute Gasteiger partial charge is 0.381 e. The number of nitrogens with two attached hydrogens (primary N) is 1. The van der Waals surface area contributed by atoms with Crippen LogP contribution in [0.25, 0.3) is 0 Å². The molecule has 27 heavy (non-hydrogen) atoms. The number of carbonyl (C=O) groups is 1. The van der Waals surface area contributed by atoms with Gasteiger partial charge in [-0.3, -0.25) is 19.7 Å². The predicted octanol–water partition coefficient (Wildman–Crippen LogP) is 1.38. The summed E-state index contributed by atoms with van der Waals surface area (Å²) in [5, 5.41) is 18.5. The second-order valence-electron chi connectivity index (χ2n) is 6.25. The summed E-state index contributed by atoms with van der Waals surface area (Å²) in [5.41, 5.74) is 7.74. The van der Waals surface area contributed by atoms with Crippen molar-refractivity contribution in [2.24, 2.45) is 0 Å². The molecule has 1 amide bonds. The van der Waals surface area contributed by atoms with Gasteiger partial charge in [0.1, 0.15) is 11.6 Å². The molecule has 0 fully saturated rings. The second-order valence-corrected chi connectivity index (χ2v) is 6.65. The maximum atomic E-state index is 11.9. The molecule has 144 valence electrons. The Balaban J connectivity index is 1.65. The molecule has 9 nitrogen and oxygen atoms in total. The van der Waals surface area contributed by atoms with Crippen molar-refractivity contribution in [2.75, 3.05) is 12.3 Å². The Bertz CT molecular complexity index is 951. The number of hydrogen-bond donors (Lipinski definition) is 5. The molecule has 2 aromatic rings. The lowest BCUT2D eigenvalue weighted by molar-refractivity contribution is -0.121. The van der Waals surface area contributed by atoms with E-state index in [0.717, 1.165) is 25.0 Å². The maximum absolute atomic E-state index is 11.9. The fraction of sp³-hybridized carbons (Fsp3) is 0.471. The Morgan fingerprint density at radius 3 is 2.78 bits per heavy atom. The highest BCUT2D eigenvalue weighted by Crippen LogP contribution is 2.14. The van der Waals surface area contributed by atoms with Crippen molar-refractivity contribution < 1.29 is 4.79 Å². The Hall–Kier alpha value is -2.93. The zero-order valence-corrected chi connectivity index (χ0v) is 16.0. The van der Waals surface area contributed by atoms with Crippen molar-refractivity contribution in [1.82, 2.24) is 25.5 Å². The summed E-state index contributed by atoms with van der Waals surface area (Å²) in [7, 11) is 0. The molecular weight excluding hydrogens is 366 g/mol. The van der Waals surface area contributed by atoms with Gasteiger partial charge >= 0.3 is 0 Å². The number of anilines is 1. The number of hydrogen-bond acceptors (Lipinski definition) is 6. The van der Waals surface area contributed by atoms with Crippen molar-refractivity contribution in [3.05, 3.63) is 37.6 Å². The molecule has 2 rings (SSSR count). The van der Waals surface area contributed by atoms with Gasteiger partial charge in [0.15, 0.2) is 10.6 Å². The molecule has 2 heterocycles. The van der Waals surface area contributed by atoms with Crippen LogP contribution >= 0.6 is 12.2 Å². The number of nitrogens with one attached hydrogen (secondary N) is 4. The van der Waals surface area contributed by atoms with Gasteiger partial charge in [-0.1, -0.05) is 6.42 Å². The smallest absolute Gasteiger partial charge is 0.255 e. The summed E-state index contributed by atoms with van der Waals surface area (Å²) in [6.45, 7) is 2.34. The van der Waals surface area contributed by atoms with Crippen molar-refractivity contribution in [1.29, 1.82) is 5.26 Å². The first-order chi connectivity index (χ1) is 12.9. The van der Waals surface area contributed by atoms with E-state index in [2.05, 4.69) is 25.5 Å². The topological polar surface area (TPSA) is 156 Å². The molecule has 0 radical (unpaired) electrons. The van der Waals surface area contributed by atoms with Crippen LogP contribution in [0.2, 0.25) is 0 Å². The summed E-state index contributed by atoms with van der Waals surface area (Å²) in [6.07, 6.45) is 3.89. The normalized spacial score (nSPS) is 10.5. The average Bonchev–Trinajstić information content (AvgIpc) is 2.96. The van der Waals surface area contributed by atoms with E-state index in [1.807, 2.05) is 6.07 Å². The maximum Gasteiger partial charge on any atom is 0.255 e. The number of nitrogens with zero attached hydrogens (tertiary/aromatic N) is 2. The number of nitrogen functional groups attached to an aromatic ring is 1. The Morgan fingerprint density at radius 2 is 2.07 bits per heavy atom. The van der Waals surface area contributed by atoms with E-state index in [1.165, 1.54) is 0 Å². The fourth-order valence-corrected chi connectivity index (χ4v) is 3.03. The average molecular weight is 389 g/mol. The van der Waals surface area contributed by atoms with Crippen LogP contribution in [0.5, 0.6) is 0 Å². The van der Waals surface area contributed by atoms with Gasteiger partial charge < -0.3 is 16.0 Å². The van der Waals surface area contributed by atoms with Crippen molar-refractivity contribution >= 4 is 23.9 Å². The molecule has 0 unspecified atom stereocenters. The van der Waals surface area contributed by atoms with Crippen molar-refractivity contribution in [3.63, 3.8) is 0 Å². The van der Waals surface area contributed by atoms with Crippen molar-refractivity contribution in [2.45, 2.75) is 45.4 Å². The van der Waals surface area contributed by atoms with Gasteiger partial charge in [0.05, 0.1) is 5.69 Å². The SMILES string of the molecule is Cc1[nH]c(=S)[nH]c(=O)c1CCC(=O)NCCCCCc1[nH]nc(N)c1C#N. The molecule has 0 aliphatic heterocycles. The first-order valence-electron chi connectivity index (χ1n) is 8.74. The summed E-state index contributed by atoms with van der Waals surface area (Å²) in [4.78, 5) is 29.2. The van der Waals surface area contributed by atoms with Gasteiger partial charge in [-0.25, -0.2) is 0 Å². The number of carbonyl (C=O) groups excluding carboxylic acids is 1. The van der Waals surface area contributed by atoms with Crippen LogP contribution in [-0.2, 0) is 17.6 Å². The van der Waals surface area contributed by atoms with Crippen LogP contribution < -0.4 is 16.6 Å². The van der Waals surface area contributed by atoms with Gasteiger partial charge in [0.25, 0.3) is 5.56 Å². The molecule has 0 saturated carbocycles. The molecule has 2 aromatic heterocycles. The summed E-state index contributed by atoms with van der Waals surface area (Å²) in [6, 6.07) is 2.04. The third-order valence-electron chi connectivity index (χ3n) is 4.26. The number of nitriles is 1. The van der Waals surface area contributed by atoms with Gasteiger partial charge in [0, 0.05) is 24.2 Å². The molecule has 0 spiro atoms. The highest BCUT2D eigenvalue weighted by Gasteiger charge is 2.10. The van der Waals surface area contributed by atoms with Crippen LogP contribution in [0, 0.1) is 23.0 Å². The predicted molar refractivity (Wildman–Crippen MR) is 104 cm³/mol. The van der Waals surface area contributed by atoms with E-state index < -0.39 is 0 Å². The third-order valence-corrected chi connectivity index (χ3v) is 4.47. The highest BCUT2D eigenvalue weighted by molar-refractivity contribution is 7.71.